The first-order chi connectivity index (χ1) is 4.46. The third kappa shape index (κ3) is 0.998. The lowest BCUT2D eigenvalue weighted by Crippen LogP contribution is -2.32. The van der Waals surface area contributed by atoms with Gasteiger partial charge in [-0.3, -0.25) is 0 Å². The van der Waals surface area contributed by atoms with Crippen LogP contribution in [0.4, 0.5) is 0 Å². The van der Waals surface area contributed by atoms with Crippen molar-refractivity contribution in [2.75, 3.05) is 0 Å². The Kier molecular flexibility index (Phi) is 1.86. The lowest BCUT2D eigenvalue weighted by atomic mass is 10.3. The molecule has 1 unspecified atom stereocenters. The van der Waals surface area contributed by atoms with Crippen molar-refractivity contribution >= 4 is 43.8 Å². The van der Waals surface area contributed by atoms with Gasteiger partial charge in [-0.05, 0) is 0 Å². The summed E-state index contributed by atoms with van der Waals surface area (Å²) in [5, 5.41) is 8.91. The minimum Gasteiger partial charge on any atom is -0.389 e. The van der Waals surface area contributed by atoms with Crippen LogP contribution in [-0.2, 0) is 14.3 Å². The fourth-order valence-corrected chi connectivity index (χ4v) is 1.01. The first-order valence-corrected chi connectivity index (χ1v) is 3.87. The van der Waals surface area contributed by atoms with Crippen LogP contribution in [0.3, 0.4) is 0 Å². The predicted molar refractivity (Wildman–Crippen MR) is 37.7 cm³/mol. The van der Waals surface area contributed by atoms with E-state index in [1.54, 1.807) is 0 Å². The minimum atomic E-state index is -1.47. The largest absolute Gasteiger partial charge is 0.389 e. The molecule has 0 spiro atoms. The maximum absolute atomic E-state index is 10.6. The van der Waals surface area contributed by atoms with Crippen LogP contribution in [0.5, 0.6) is 0 Å². The van der Waals surface area contributed by atoms with Crippen molar-refractivity contribution in [2.24, 2.45) is 0 Å². The molecule has 0 radical (unpaired) electrons. The molecular weight excluding hydrogens is 272 g/mol. The third-order valence-electron chi connectivity index (χ3n) is 1.03. The number of aliphatic hydroxyl groups excluding tert-OH is 1. The highest BCUT2D eigenvalue weighted by molar-refractivity contribution is 9.26. The number of cyclic esters (lactones) is 2. The highest BCUT2D eigenvalue weighted by atomic mass is 79.9. The van der Waals surface area contributed by atoms with Crippen molar-refractivity contribution in [1.29, 1.82) is 0 Å². The van der Waals surface area contributed by atoms with Gasteiger partial charge in [0.25, 0.3) is 0 Å². The molecule has 0 bridgehead atoms. The summed E-state index contributed by atoms with van der Waals surface area (Å²) < 4.78 is 2.62. The van der Waals surface area contributed by atoms with Crippen LogP contribution in [0.2, 0.25) is 0 Å². The molecule has 0 aromatic rings. The second kappa shape index (κ2) is 2.28. The number of carbonyl (C=O) groups excluding carboxylic acids is 2. The maximum Gasteiger partial charge on any atom is 0.345 e. The number of ether oxygens (including phenoxy) is 1. The van der Waals surface area contributed by atoms with Crippen molar-refractivity contribution in [1.82, 2.24) is 0 Å². The highest BCUT2D eigenvalue weighted by Crippen LogP contribution is 2.36. The fourth-order valence-electron chi connectivity index (χ4n) is 0.475. The molecule has 0 aromatic heterocycles. The Bertz CT molecular complexity index is 199. The number of hydrogen-bond acceptors (Lipinski definition) is 4. The molecule has 1 atom stereocenters. The summed E-state index contributed by atoms with van der Waals surface area (Å²) in [6.45, 7) is 0. The van der Waals surface area contributed by atoms with Crippen LogP contribution in [0.1, 0.15) is 0 Å². The Labute approximate surface area is 72.8 Å². The molecule has 1 aliphatic heterocycles. The van der Waals surface area contributed by atoms with E-state index in [-0.39, 0.29) is 0 Å². The third-order valence-corrected chi connectivity index (χ3v) is 2.55. The van der Waals surface area contributed by atoms with Crippen LogP contribution in [0.25, 0.3) is 0 Å². The monoisotopic (exact) mass is 272 g/mol. The quantitative estimate of drug-likeness (QED) is 0.381. The molecule has 1 aliphatic rings. The molecule has 4 nitrogen and oxygen atoms in total. The van der Waals surface area contributed by atoms with E-state index >= 15 is 0 Å². The van der Waals surface area contributed by atoms with Gasteiger partial charge in [0, 0.05) is 0 Å². The van der Waals surface area contributed by atoms with E-state index in [2.05, 4.69) is 36.6 Å². The zero-order chi connectivity index (χ0) is 7.94. The Hall–Kier alpha value is 0.0600. The number of rotatable bonds is 0. The molecule has 0 aliphatic carbocycles. The molecule has 6 heteroatoms. The van der Waals surface area contributed by atoms with Gasteiger partial charge in [-0.1, -0.05) is 31.9 Å². The average Bonchev–Trinajstić information content (AvgIpc) is 1.97. The van der Waals surface area contributed by atoms with Gasteiger partial charge in [0.2, 0.25) is 3.23 Å². The number of alkyl halides is 2. The van der Waals surface area contributed by atoms with Crippen molar-refractivity contribution in [2.45, 2.75) is 9.34 Å². The number of hydrogen-bond donors (Lipinski definition) is 1. The predicted octanol–water partition coefficient (Wildman–Crippen LogP) is -0.0832. The molecule has 0 aromatic carbocycles. The first kappa shape index (κ1) is 8.16. The fraction of sp³-hybridized carbons (Fsp3) is 0.500. The van der Waals surface area contributed by atoms with Gasteiger partial charge in [0.15, 0.2) is 6.10 Å². The maximum atomic E-state index is 10.6. The van der Waals surface area contributed by atoms with Crippen molar-refractivity contribution in [3.05, 3.63) is 0 Å². The van der Waals surface area contributed by atoms with Gasteiger partial charge in [0.05, 0.1) is 0 Å². The Morgan fingerprint density at radius 2 is 2.00 bits per heavy atom. The average molecular weight is 274 g/mol. The Morgan fingerprint density at radius 1 is 1.50 bits per heavy atom. The Balaban J connectivity index is 2.96. The topological polar surface area (TPSA) is 63.6 Å². The summed E-state index contributed by atoms with van der Waals surface area (Å²) in [6, 6.07) is 0. The number of carbonyl (C=O) groups is 2. The summed E-state index contributed by atoms with van der Waals surface area (Å²) >= 11 is 5.57. The number of esters is 2. The molecule has 1 rings (SSSR count). The Morgan fingerprint density at radius 3 is 2.10 bits per heavy atom. The molecule has 1 fully saturated rings. The molecule has 0 saturated carbocycles. The van der Waals surface area contributed by atoms with Crippen LogP contribution in [-0.4, -0.2) is 26.4 Å². The summed E-state index contributed by atoms with van der Waals surface area (Å²) in [6.07, 6.45) is -1.47. The van der Waals surface area contributed by atoms with Crippen molar-refractivity contribution < 1.29 is 19.4 Å². The van der Waals surface area contributed by atoms with E-state index in [0.29, 0.717) is 0 Å². The summed E-state index contributed by atoms with van der Waals surface area (Å²) in [4.78, 5) is 21.1. The highest BCUT2D eigenvalue weighted by Gasteiger charge is 2.54. The summed E-state index contributed by atoms with van der Waals surface area (Å²) in [5.41, 5.74) is 0. The van der Waals surface area contributed by atoms with Crippen molar-refractivity contribution in [3.63, 3.8) is 0 Å². The van der Waals surface area contributed by atoms with Gasteiger partial charge in [0.1, 0.15) is 0 Å². The normalized spacial score (nSPS) is 30.5. The van der Waals surface area contributed by atoms with Crippen LogP contribution >= 0.6 is 31.9 Å². The van der Waals surface area contributed by atoms with Crippen LogP contribution in [0, 0.1) is 0 Å². The van der Waals surface area contributed by atoms with Gasteiger partial charge < -0.3 is 9.84 Å². The first-order valence-electron chi connectivity index (χ1n) is 2.28. The van der Waals surface area contributed by atoms with E-state index in [4.69, 9.17) is 5.11 Å². The molecule has 10 heavy (non-hydrogen) atoms. The SMILES string of the molecule is O=C1OC(=O)C(Br)(Br)C1O. The molecule has 0 amide bonds. The minimum absolute atomic E-state index is 0.829. The van der Waals surface area contributed by atoms with Gasteiger partial charge in [-0.15, -0.1) is 0 Å². The van der Waals surface area contributed by atoms with Gasteiger partial charge >= 0.3 is 11.9 Å². The molecular formula is C4H2Br2O4. The van der Waals surface area contributed by atoms with Gasteiger partial charge in [-0.25, -0.2) is 9.59 Å². The summed E-state index contributed by atoms with van der Waals surface area (Å²) in [5.74, 6) is -1.77. The summed E-state index contributed by atoms with van der Waals surface area (Å²) in [7, 11) is 0. The zero-order valence-corrected chi connectivity index (χ0v) is 7.68. The number of halogens is 2. The lowest BCUT2D eigenvalue weighted by molar-refractivity contribution is -0.154. The van der Waals surface area contributed by atoms with Crippen LogP contribution in [0.15, 0.2) is 0 Å². The molecule has 1 saturated heterocycles. The lowest BCUT2D eigenvalue weighted by Gasteiger charge is -2.08. The van der Waals surface area contributed by atoms with Crippen LogP contribution < -0.4 is 0 Å². The standard InChI is InChI=1S/C4H2Br2O4/c5-4(6)1(7)2(8)10-3(4)9/h1,7H. The van der Waals surface area contributed by atoms with E-state index in [0.717, 1.165) is 0 Å². The molecule has 1 heterocycles. The second-order valence-corrected chi connectivity index (χ2v) is 5.30. The smallest absolute Gasteiger partial charge is 0.345 e. The molecule has 1 N–H and O–H groups in total. The van der Waals surface area contributed by atoms with E-state index in [9.17, 15) is 9.59 Å². The van der Waals surface area contributed by atoms with E-state index in [1.165, 1.54) is 0 Å². The molecule has 56 valence electrons. The van der Waals surface area contributed by atoms with Gasteiger partial charge in [-0.2, -0.15) is 0 Å². The number of aliphatic hydroxyl groups is 1. The zero-order valence-electron chi connectivity index (χ0n) is 4.51. The van der Waals surface area contributed by atoms with E-state index < -0.39 is 21.3 Å². The second-order valence-electron chi connectivity index (χ2n) is 1.73. The van der Waals surface area contributed by atoms with Crippen molar-refractivity contribution in [3.8, 4) is 0 Å². The van der Waals surface area contributed by atoms with E-state index in [1.807, 2.05) is 0 Å².